The Balaban J connectivity index is 1.47. The van der Waals surface area contributed by atoms with Crippen LogP contribution in [-0.4, -0.2) is 37.5 Å². The third kappa shape index (κ3) is 5.98. The van der Waals surface area contributed by atoms with Crippen molar-refractivity contribution >= 4 is 11.9 Å². The van der Waals surface area contributed by atoms with Gasteiger partial charge in [-0.3, -0.25) is 9.79 Å². The smallest absolute Gasteiger partial charge is 0.223 e. The van der Waals surface area contributed by atoms with Crippen LogP contribution in [0.3, 0.4) is 0 Å². The summed E-state index contributed by atoms with van der Waals surface area (Å²) in [6, 6.07) is 9.43. The summed E-state index contributed by atoms with van der Waals surface area (Å²) in [6.07, 6.45) is 6.39. The molecule has 0 heterocycles. The van der Waals surface area contributed by atoms with Crippen molar-refractivity contribution in [2.45, 2.75) is 70.4 Å². The molecule has 1 aromatic rings. The van der Waals surface area contributed by atoms with E-state index in [-0.39, 0.29) is 11.8 Å². The number of carbonyl (C=O) groups excluding carboxylic acids is 1. The molecule has 3 N–H and O–H groups in total. The monoisotopic (exact) mass is 370 g/mol. The van der Waals surface area contributed by atoms with Crippen LogP contribution < -0.4 is 16.0 Å². The zero-order valence-electron chi connectivity index (χ0n) is 16.9. The van der Waals surface area contributed by atoms with Gasteiger partial charge in [0.1, 0.15) is 0 Å². The van der Waals surface area contributed by atoms with Gasteiger partial charge in [-0.1, -0.05) is 43.2 Å². The number of amides is 1. The molecule has 0 spiro atoms. The van der Waals surface area contributed by atoms with E-state index in [1.165, 1.54) is 11.1 Å². The molecule has 1 aromatic carbocycles. The fourth-order valence-corrected chi connectivity index (χ4v) is 3.84. The lowest BCUT2D eigenvalue weighted by atomic mass is 9.85. The van der Waals surface area contributed by atoms with Gasteiger partial charge in [-0.25, -0.2) is 0 Å². The predicted molar refractivity (Wildman–Crippen MR) is 111 cm³/mol. The van der Waals surface area contributed by atoms with E-state index in [0.717, 1.165) is 51.0 Å². The van der Waals surface area contributed by atoms with Gasteiger partial charge in [0, 0.05) is 31.6 Å². The molecule has 148 valence electrons. The summed E-state index contributed by atoms with van der Waals surface area (Å²) in [7, 11) is 1.81. The Labute approximate surface area is 163 Å². The first-order chi connectivity index (χ1) is 13.0. The molecular weight excluding hydrogens is 336 g/mol. The first-order valence-corrected chi connectivity index (χ1v) is 10.4. The second-order valence-corrected chi connectivity index (χ2v) is 8.26. The lowest BCUT2D eigenvalue weighted by molar-refractivity contribution is -0.126. The van der Waals surface area contributed by atoms with E-state index in [0.29, 0.717) is 18.0 Å². The van der Waals surface area contributed by atoms with Gasteiger partial charge in [-0.15, -0.1) is 0 Å². The fourth-order valence-electron chi connectivity index (χ4n) is 3.84. The highest BCUT2D eigenvalue weighted by Crippen LogP contribution is 2.26. The van der Waals surface area contributed by atoms with E-state index >= 15 is 0 Å². The lowest BCUT2D eigenvalue weighted by Gasteiger charge is -2.30. The maximum Gasteiger partial charge on any atom is 0.223 e. The molecule has 2 aliphatic carbocycles. The van der Waals surface area contributed by atoms with Crippen LogP contribution in [0, 0.1) is 12.8 Å². The van der Waals surface area contributed by atoms with Gasteiger partial charge >= 0.3 is 0 Å². The van der Waals surface area contributed by atoms with Crippen molar-refractivity contribution < 1.29 is 4.79 Å². The normalized spacial score (nSPS) is 24.2. The molecule has 5 nitrogen and oxygen atoms in total. The summed E-state index contributed by atoms with van der Waals surface area (Å²) in [5, 5.41) is 10.2. The fraction of sp³-hybridized carbons (Fsp3) is 0.636. The quantitative estimate of drug-likeness (QED) is 0.532. The van der Waals surface area contributed by atoms with E-state index in [2.05, 4.69) is 59.1 Å². The third-order valence-electron chi connectivity index (χ3n) is 5.72. The van der Waals surface area contributed by atoms with E-state index in [1.807, 2.05) is 7.05 Å². The van der Waals surface area contributed by atoms with Crippen LogP contribution >= 0.6 is 0 Å². The van der Waals surface area contributed by atoms with Gasteiger partial charge in [-0.05, 0) is 50.5 Å². The van der Waals surface area contributed by atoms with Crippen molar-refractivity contribution in [2.24, 2.45) is 10.9 Å². The molecule has 0 aliphatic heterocycles. The van der Waals surface area contributed by atoms with Crippen LogP contribution in [-0.2, 0) is 4.79 Å². The summed E-state index contributed by atoms with van der Waals surface area (Å²) < 4.78 is 0. The SMILES string of the molecule is CN=C(NCC(C)c1cccc(C)c1)NC1CCCC(C(=O)NC2CC2)C1. The molecule has 0 bridgehead atoms. The van der Waals surface area contributed by atoms with E-state index in [1.54, 1.807) is 0 Å². The molecule has 0 radical (unpaired) electrons. The summed E-state index contributed by atoms with van der Waals surface area (Å²) in [5.41, 5.74) is 2.63. The van der Waals surface area contributed by atoms with Gasteiger partial charge in [0.15, 0.2) is 5.96 Å². The van der Waals surface area contributed by atoms with Crippen molar-refractivity contribution in [3.63, 3.8) is 0 Å². The Kier molecular flexibility index (Phi) is 6.75. The van der Waals surface area contributed by atoms with Crippen LogP contribution in [0.1, 0.15) is 62.5 Å². The number of nitrogens with one attached hydrogen (secondary N) is 3. The maximum absolute atomic E-state index is 12.4. The van der Waals surface area contributed by atoms with Gasteiger partial charge in [0.2, 0.25) is 5.91 Å². The van der Waals surface area contributed by atoms with Crippen molar-refractivity contribution in [3.05, 3.63) is 35.4 Å². The van der Waals surface area contributed by atoms with E-state index in [4.69, 9.17) is 0 Å². The highest BCUT2D eigenvalue weighted by molar-refractivity contribution is 5.81. The Morgan fingerprint density at radius 1 is 1.19 bits per heavy atom. The number of hydrogen-bond donors (Lipinski definition) is 3. The molecule has 0 saturated heterocycles. The second-order valence-electron chi connectivity index (χ2n) is 8.26. The Morgan fingerprint density at radius 2 is 2.00 bits per heavy atom. The minimum atomic E-state index is 0.140. The summed E-state index contributed by atoms with van der Waals surface area (Å²) in [4.78, 5) is 16.8. The number of carbonyl (C=O) groups is 1. The standard InChI is InChI=1S/C22H34N4O/c1-15-6-4-7-17(12-15)16(2)14-24-22(23-3)26-20-9-5-8-18(13-20)21(27)25-19-10-11-19/h4,6-7,12,16,18-20H,5,8-11,13-14H2,1-3H3,(H,25,27)(H2,23,24,26). The summed E-state index contributed by atoms with van der Waals surface area (Å²) >= 11 is 0. The minimum absolute atomic E-state index is 0.140. The number of benzene rings is 1. The molecule has 2 fully saturated rings. The first-order valence-electron chi connectivity index (χ1n) is 10.4. The number of hydrogen-bond acceptors (Lipinski definition) is 2. The Morgan fingerprint density at radius 3 is 2.70 bits per heavy atom. The average molecular weight is 371 g/mol. The average Bonchev–Trinajstić information content (AvgIpc) is 3.49. The molecule has 3 atom stereocenters. The molecule has 27 heavy (non-hydrogen) atoms. The molecule has 2 aliphatic rings. The topological polar surface area (TPSA) is 65.5 Å². The Hall–Kier alpha value is -2.04. The second kappa shape index (κ2) is 9.25. The number of nitrogens with zero attached hydrogens (tertiary/aromatic N) is 1. The molecule has 1 amide bonds. The summed E-state index contributed by atoms with van der Waals surface area (Å²) in [5.74, 6) is 1.64. The van der Waals surface area contributed by atoms with Crippen LogP contribution in [0.15, 0.2) is 29.3 Å². The number of aryl methyl sites for hydroxylation is 1. The number of guanidine groups is 1. The van der Waals surface area contributed by atoms with Gasteiger partial charge in [0.05, 0.1) is 0 Å². The maximum atomic E-state index is 12.4. The van der Waals surface area contributed by atoms with Crippen LogP contribution in [0.5, 0.6) is 0 Å². The zero-order valence-corrected chi connectivity index (χ0v) is 16.9. The van der Waals surface area contributed by atoms with Crippen LogP contribution in [0.2, 0.25) is 0 Å². The van der Waals surface area contributed by atoms with Crippen molar-refractivity contribution in [2.75, 3.05) is 13.6 Å². The van der Waals surface area contributed by atoms with Crippen molar-refractivity contribution in [1.29, 1.82) is 0 Å². The van der Waals surface area contributed by atoms with Crippen LogP contribution in [0.4, 0.5) is 0 Å². The number of rotatable bonds is 6. The van der Waals surface area contributed by atoms with Gasteiger partial charge in [-0.2, -0.15) is 0 Å². The molecular formula is C22H34N4O. The molecule has 5 heteroatoms. The van der Waals surface area contributed by atoms with Gasteiger partial charge in [0.25, 0.3) is 0 Å². The predicted octanol–water partition coefficient (Wildman–Crippen LogP) is 3.10. The highest BCUT2D eigenvalue weighted by atomic mass is 16.2. The highest BCUT2D eigenvalue weighted by Gasteiger charge is 2.31. The molecule has 2 saturated carbocycles. The van der Waals surface area contributed by atoms with Gasteiger partial charge < -0.3 is 16.0 Å². The lowest BCUT2D eigenvalue weighted by Crippen LogP contribution is -2.47. The number of aliphatic imine (C=N–C) groups is 1. The zero-order chi connectivity index (χ0) is 19.2. The molecule has 3 unspecified atom stereocenters. The minimum Gasteiger partial charge on any atom is -0.356 e. The van der Waals surface area contributed by atoms with E-state index < -0.39 is 0 Å². The van der Waals surface area contributed by atoms with E-state index in [9.17, 15) is 4.79 Å². The van der Waals surface area contributed by atoms with Crippen molar-refractivity contribution in [1.82, 2.24) is 16.0 Å². The van der Waals surface area contributed by atoms with Crippen LogP contribution in [0.25, 0.3) is 0 Å². The Bertz CT molecular complexity index is 668. The third-order valence-corrected chi connectivity index (χ3v) is 5.72. The first kappa shape index (κ1) is 19.7. The molecule has 0 aromatic heterocycles. The largest absolute Gasteiger partial charge is 0.356 e. The summed E-state index contributed by atoms with van der Waals surface area (Å²) in [6.45, 7) is 5.19. The van der Waals surface area contributed by atoms with Crippen molar-refractivity contribution in [3.8, 4) is 0 Å². The molecule has 3 rings (SSSR count).